The van der Waals surface area contributed by atoms with Gasteiger partial charge in [0, 0.05) is 24.7 Å². The van der Waals surface area contributed by atoms with Crippen molar-refractivity contribution >= 4 is 22.6 Å². The van der Waals surface area contributed by atoms with Crippen LogP contribution in [-0.4, -0.2) is 29.7 Å². The van der Waals surface area contributed by atoms with Crippen LogP contribution in [0.5, 0.6) is 0 Å². The Morgan fingerprint density at radius 2 is 2.00 bits per heavy atom. The topological polar surface area (TPSA) is 53.4 Å². The number of rotatable bonds is 4. The van der Waals surface area contributed by atoms with E-state index in [-0.39, 0.29) is 0 Å². The number of para-hydroxylation sites is 1. The molecule has 1 N–H and O–H groups in total. The van der Waals surface area contributed by atoms with Gasteiger partial charge in [0.1, 0.15) is 0 Å². The molecule has 1 aromatic heterocycles. The van der Waals surface area contributed by atoms with Crippen molar-refractivity contribution in [1.29, 1.82) is 0 Å². The van der Waals surface area contributed by atoms with Crippen molar-refractivity contribution in [2.24, 2.45) is 5.92 Å². The molecule has 0 spiro atoms. The molecule has 0 radical (unpaired) electrons. The van der Waals surface area contributed by atoms with Gasteiger partial charge < -0.3 is 10.0 Å². The fourth-order valence-corrected chi connectivity index (χ4v) is 2.48. The number of fused-ring (bicyclic) bond motifs is 1. The number of anilines is 1. The lowest BCUT2D eigenvalue weighted by molar-refractivity contribution is -0.140. The molecule has 0 aliphatic rings. The summed E-state index contributed by atoms with van der Waals surface area (Å²) in [6.45, 7) is 6.22. The van der Waals surface area contributed by atoms with E-state index < -0.39 is 11.9 Å². The molecule has 0 fully saturated rings. The lowest BCUT2D eigenvalue weighted by atomic mass is 10.0. The maximum atomic E-state index is 11.0. The Labute approximate surface area is 119 Å². The molecule has 0 amide bonds. The van der Waals surface area contributed by atoms with Crippen molar-refractivity contribution in [3.05, 3.63) is 35.5 Å². The van der Waals surface area contributed by atoms with Crippen LogP contribution < -0.4 is 4.90 Å². The molecule has 4 heteroatoms. The zero-order valence-electron chi connectivity index (χ0n) is 12.3. The molecule has 2 rings (SSSR count). The predicted molar refractivity (Wildman–Crippen MR) is 81.3 cm³/mol. The molecular weight excluding hydrogens is 252 g/mol. The van der Waals surface area contributed by atoms with Crippen LogP contribution in [0.4, 0.5) is 5.69 Å². The molecule has 20 heavy (non-hydrogen) atoms. The standard InChI is InChI=1S/C16H20N2O2/c1-10(16(19)20)9-18(4)15-11(2)12(3)17-14-8-6-5-7-13(14)15/h5-8,10H,9H2,1-4H3,(H,19,20). The summed E-state index contributed by atoms with van der Waals surface area (Å²) >= 11 is 0. The number of benzene rings is 1. The average Bonchev–Trinajstić information content (AvgIpc) is 2.39. The quantitative estimate of drug-likeness (QED) is 0.929. The van der Waals surface area contributed by atoms with Crippen LogP contribution in [0.3, 0.4) is 0 Å². The first-order chi connectivity index (χ1) is 9.41. The number of pyridine rings is 1. The van der Waals surface area contributed by atoms with Gasteiger partial charge in [-0.05, 0) is 25.5 Å². The molecule has 0 bridgehead atoms. The lowest BCUT2D eigenvalue weighted by Gasteiger charge is -2.25. The van der Waals surface area contributed by atoms with Crippen LogP contribution in [0, 0.1) is 19.8 Å². The second-order valence-corrected chi connectivity index (χ2v) is 5.31. The molecule has 2 aromatic rings. The van der Waals surface area contributed by atoms with E-state index >= 15 is 0 Å². The molecule has 1 atom stereocenters. The number of hydrogen-bond donors (Lipinski definition) is 1. The van der Waals surface area contributed by atoms with E-state index in [1.165, 1.54) is 0 Å². The Balaban J connectivity index is 2.52. The summed E-state index contributed by atoms with van der Waals surface area (Å²) in [7, 11) is 1.94. The van der Waals surface area contributed by atoms with E-state index in [0.717, 1.165) is 27.8 Å². The van der Waals surface area contributed by atoms with Gasteiger partial charge in [0.15, 0.2) is 0 Å². The van der Waals surface area contributed by atoms with Crippen molar-refractivity contribution in [2.75, 3.05) is 18.5 Å². The van der Waals surface area contributed by atoms with Gasteiger partial charge in [0.25, 0.3) is 0 Å². The van der Waals surface area contributed by atoms with E-state index in [2.05, 4.69) is 4.98 Å². The monoisotopic (exact) mass is 272 g/mol. The zero-order chi connectivity index (χ0) is 14.9. The summed E-state index contributed by atoms with van der Waals surface area (Å²) < 4.78 is 0. The van der Waals surface area contributed by atoms with E-state index in [1.54, 1.807) is 6.92 Å². The number of aliphatic carboxylic acids is 1. The van der Waals surface area contributed by atoms with Gasteiger partial charge in [-0.25, -0.2) is 0 Å². The fraction of sp³-hybridized carbons (Fsp3) is 0.375. The second kappa shape index (κ2) is 5.49. The fourth-order valence-electron chi connectivity index (χ4n) is 2.48. The Morgan fingerprint density at radius 3 is 2.65 bits per heavy atom. The number of aromatic nitrogens is 1. The first kappa shape index (κ1) is 14.3. The Bertz CT molecular complexity index is 652. The molecule has 0 aliphatic heterocycles. The van der Waals surface area contributed by atoms with Gasteiger partial charge in [-0.3, -0.25) is 9.78 Å². The Kier molecular flexibility index (Phi) is 3.93. The molecular formula is C16H20N2O2. The van der Waals surface area contributed by atoms with E-state index in [9.17, 15) is 4.79 Å². The molecule has 4 nitrogen and oxygen atoms in total. The number of carboxylic acids is 1. The highest BCUT2D eigenvalue weighted by Gasteiger charge is 2.18. The van der Waals surface area contributed by atoms with Crippen LogP contribution in [-0.2, 0) is 4.79 Å². The first-order valence-electron chi connectivity index (χ1n) is 6.71. The van der Waals surface area contributed by atoms with E-state index in [4.69, 9.17) is 5.11 Å². The minimum atomic E-state index is -0.774. The van der Waals surface area contributed by atoms with Gasteiger partial charge in [0.05, 0.1) is 17.1 Å². The Hall–Kier alpha value is -2.10. The molecule has 0 saturated carbocycles. The van der Waals surface area contributed by atoms with Gasteiger partial charge >= 0.3 is 5.97 Å². The minimum Gasteiger partial charge on any atom is -0.481 e. The van der Waals surface area contributed by atoms with Gasteiger partial charge in [-0.1, -0.05) is 25.1 Å². The number of aryl methyl sites for hydroxylation is 1. The molecule has 1 aromatic carbocycles. The summed E-state index contributed by atoms with van der Waals surface area (Å²) in [6.07, 6.45) is 0. The van der Waals surface area contributed by atoms with Gasteiger partial charge in [0.2, 0.25) is 0 Å². The van der Waals surface area contributed by atoms with Crippen LogP contribution in [0.25, 0.3) is 10.9 Å². The predicted octanol–water partition coefficient (Wildman–Crippen LogP) is 3.01. The third-order valence-corrected chi connectivity index (χ3v) is 3.70. The maximum absolute atomic E-state index is 11.0. The Morgan fingerprint density at radius 1 is 1.35 bits per heavy atom. The second-order valence-electron chi connectivity index (χ2n) is 5.31. The number of hydrogen-bond acceptors (Lipinski definition) is 3. The highest BCUT2D eigenvalue weighted by Crippen LogP contribution is 2.30. The summed E-state index contributed by atoms with van der Waals surface area (Å²) in [5, 5.41) is 10.1. The summed E-state index contributed by atoms with van der Waals surface area (Å²) in [5.74, 6) is -1.18. The maximum Gasteiger partial charge on any atom is 0.308 e. The smallest absolute Gasteiger partial charge is 0.308 e. The van der Waals surface area contributed by atoms with Crippen molar-refractivity contribution in [3.8, 4) is 0 Å². The largest absolute Gasteiger partial charge is 0.481 e. The third kappa shape index (κ3) is 2.59. The lowest BCUT2D eigenvalue weighted by Crippen LogP contribution is -2.29. The summed E-state index contributed by atoms with van der Waals surface area (Å²) in [6, 6.07) is 7.97. The van der Waals surface area contributed by atoms with Crippen molar-refractivity contribution in [3.63, 3.8) is 0 Å². The minimum absolute atomic E-state index is 0.411. The number of carbonyl (C=O) groups is 1. The van der Waals surface area contributed by atoms with Crippen LogP contribution in [0.1, 0.15) is 18.2 Å². The first-order valence-corrected chi connectivity index (χ1v) is 6.71. The van der Waals surface area contributed by atoms with E-state index in [1.807, 2.05) is 50.1 Å². The van der Waals surface area contributed by atoms with Gasteiger partial charge in [-0.15, -0.1) is 0 Å². The highest BCUT2D eigenvalue weighted by atomic mass is 16.4. The van der Waals surface area contributed by atoms with Gasteiger partial charge in [-0.2, -0.15) is 0 Å². The molecule has 106 valence electrons. The van der Waals surface area contributed by atoms with Crippen LogP contribution in [0.2, 0.25) is 0 Å². The molecule has 0 saturated heterocycles. The molecule has 1 unspecified atom stereocenters. The van der Waals surface area contributed by atoms with Crippen molar-refractivity contribution < 1.29 is 9.90 Å². The van der Waals surface area contributed by atoms with Crippen LogP contribution in [0.15, 0.2) is 24.3 Å². The summed E-state index contributed by atoms with van der Waals surface area (Å²) in [4.78, 5) is 17.7. The molecule has 1 heterocycles. The number of nitrogens with zero attached hydrogens (tertiary/aromatic N) is 2. The van der Waals surface area contributed by atoms with E-state index in [0.29, 0.717) is 6.54 Å². The van der Waals surface area contributed by atoms with Crippen LogP contribution >= 0.6 is 0 Å². The third-order valence-electron chi connectivity index (χ3n) is 3.70. The normalized spacial score (nSPS) is 12.4. The van der Waals surface area contributed by atoms with Crippen molar-refractivity contribution in [2.45, 2.75) is 20.8 Å². The summed E-state index contributed by atoms with van der Waals surface area (Å²) in [5.41, 5.74) is 4.10. The zero-order valence-corrected chi connectivity index (χ0v) is 12.3. The average molecular weight is 272 g/mol. The SMILES string of the molecule is Cc1nc2ccccc2c(N(C)CC(C)C(=O)O)c1C. The number of carboxylic acid groups (broad SMARTS) is 1. The van der Waals surface area contributed by atoms with Crippen molar-refractivity contribution in [1.82, 2.24) is 4.98 Å². The highest BCUT2D eigenvalue weighted by molar-refractivity contribution is 5.93. The molecule has 0 aliphatic carbocycles.